The van der Waals surface area contributed by atoms with Crippen molar-refractivity contribution in [2.45, 2.75) is 0 Å². The van der Waals surface area contributed by atoms with E-state index in [1.807, 2.05) is 0 Å². The van der Waals surface area contributed by atoms with Gasteiger partial charge in [-0.2, -0.15) is 10.4 Å². The summed E-state index contributed by atoms with van der Waals surface area (Å²) in [7, 11) is -3.92. The Hall–Kier alpha value is -3.52. The topological polar surface area (TPSA) is 105 Å². The van der Waals surface area contributed by atoms with Crippen LogP contribution in [0.15, 0.2) is 48.5 Å². The maximum absolute atomic E-state index is 14.8. The minimum Gasteiger partial charge on any atom is -0.268 e. The van der Waals surface area contributed by atoms with E-state index < -0.39 is 33.1 Å². The van der Waals surface area contributed by atoms with Gasteiger partial charge >= 0.3 is 0 Å². The highest BCUT2D eigenvalue weighted by Gasteiger charge is 2.22. The predicted octanol–water partition coefficient (Wildman–Crippen LogP) is 4.84. The van der Waals surface area contributed by atoms with Crippen molar-refractivity contribution in [3.63, 3.8) is 0 Å². The molecule has 0 bridgehead atoms. The van der Waals surface area contributed by atoms with Gasteiger partial charge in [0.25, 0.3) is 5.91 Å². The van der Waals surface area contributed by atoms with Gasteiger partial charge in [0.05, 0.1) is 33.6 Å². The fraction of sp³-hybridized carbons (Fsp3) is 0.0455. The van der Waals surface area contributed by atoms with Crippen molar-refractivity contribution >= 4 is 50.0 Å². The van der Waals surface area contributed by atoms with E-state index in [1.165, 1.54) is 16.8 Å². The number of sulfonamides is 1. The van der Waals surface area contributed by atoms with Gasteiger partial charge in [0, 0.05) is 22.0 Å². The lowest BCUT2D eigenvalue weighted by molar-refractivity contribution is 0.0978. The molecule has 1 aromatic heterocycles. The van der Waals surface area contributed by atoms with Crippen LogP contribution in [0.5, 0.6) is 0 Å². The summed E-state index contributed by atoms with van der Waals surface area (Å²) < 4.78 is 54.3. The average molecular weight is 521 g/mol. The number of halogens is 4. The van der Waals surface area contributed by atoms with Crippen molar-refractivity contribution in [2.75, 3.05) is 6.26 Å². The first-order valence-corrected chi connectivity index (χ1v) is 12.0. The summed E-state index contributed by atoms with van der Waals surface area (Å²) in [6.07, 6.45) is 0.758. The first-order valence-electron chi connectivity index (χ1n) is 9.38. The number of rotatable bonds is 4. The van der Waals surface area contributed by atoms with Crippen molar-refractivity contribution in [1.29, 1.82) is 5.26 Å². The lowest BCUT2D eigenvalue weighted by Gasteiger charge is -2.10. The Bertz CT molecular complexity index is 1650. The van der Waals surface area contributed by atoms with Gasteiger partial charge in [0.2, 0.25) is 10.0 Å². The van der Waals surface area contributed by atoms with Crippen molar-refractivity contribution in [3.05, 3.63) is 81.3 Å². The molecule has 0 unspecified atom stereocenters. The third-order valence-corrected chi connectivity index (χ3v) is 5.88. The zero-order chi connectivity index (χ0) is 24.8. The summed E-state index contributed by atoms with van der Waals surface area (Å²) in [5.41, 5.74) is 0.478. The van der Waals surface area contributed by atoms with Crippen LogP contribution < -0.4 is 4.72 Å². The second-order valence-electron chi connectivity index (χ2n) is 7.22. The van der Waals surface area contributed by atoms with Crippen molar-refractivity contribution in [2.24, 2.45) is 0 Å². The molecule has 1 amide bonds. The molecular formula is C22H12Cl2F2N4O3S. The zero-order valence-electron chi connectivity index (χ0n) is 17.1. The lowest BCUT2D eigenvalue weighted by atomic mass is 10.1. The van der Waals surface area contributed by atoms with Crippen LogP contribution in [-0.2, 0) is 10.0 Å². The Labute approximate surface area is 202 Å². The summed E-state index contributed by atoms with van der Waals surface area (Å²) in [4.78, 5) is 12.1. The molecule has 3 aromatic carbocycles. The largest absolute Gasteiger partial charge is 0.268 e. The molecule has 0 saturated carbocycles. The molecule has 0 radical (unpaired) electrons. The average Bonchev–Trinajstić information content (AvgIpc) is 3.12. The van der Waals surface area contributed by atoms with Gasteiger partial charge in [0.15, 0.2) is 0 Å². The molecule has 0 saturated heterocycles. The Balaban J connectivity index is 1.92. The van der Waals surface area contributed by atoms with E-state index in [0.717, 1.165) is 24.5 Å². The highest BCUT2D eigenvalue weighted by atomic mass is 35.5. The van der Waals surface area contributed by atoms with Crippen LogP contribution in [0.2, 0.25) is 10.0 Å². The highest BCUT2D eigenvalue weighted by Crippen LogP contribution is 2.35. The standard InChI is InChI=1S/C22H12Cl2F2N4O3S/c1-34(32,33)29-22(31)14-8-16(24)20(9-18(14)26)30-19-5-3-13(23)7-15(19)21(28-30)11-2-4-17(25)12(6-11)10-27/h2-9H,1H3,(H,29,31). The number of fused-ring (bicyclic) bond motifs is 1. The van der Waals surface area contributed by atoms with E-state index in [4.69, 9.17) is 23.2 Å². The zero-order valence-corrected chi connectivity index (χ0v) is 19.4. The van der Waals surface area contributed by atoms with Gasteiger partial charge in [-0.05, 0) is 42.5 Å². The molecule has 0 aliphatic heterocycles. The van der Waals surface area contributed by atoms with E-state index in [0.29, 0.717) is 27.2 Å². The maximum Gasteiger partial charge on any atom is 0.267 e. The van der Waals surface area contributed by atoms with E-state index >= 15 is 0 Å². The van der Waals surface area contributed by atoms with E-state index in [9.17, 15) is 27.3 Å². The molecule has 0 aliphatic carbocycles. The lowest BCUT2D eigenvalue weighted by Crippen LogP contribution is -2.30. The monoisotopic (exact) mass is 520 g/mol. The van der Waals surface area contributed by atoms with Crippen LogP contribution >= 0.6 is 23.2 Å². The quantitative estimate of drug-likeness (QED) is 0.414. The molecule has 7 nitrogen and oxygen atoms in total. The number of carbonyl (C=O) groups excluding carboxylic acids is 1. The smallest absolute Gasteiger partial charge is 0.267 e. The highest BCUT2D eigenvalue weighted by molar-refractivity contribution is 7.89. The molecule has 4 aromatic rings. The van der Waals surface area contributed by atoms with Crippen LogP contribution in [0.1, 0.15) is 15.9 Å². The first kappa shape index (κ1) is 23.6. The van der Waals surface area contributed by atoms with Gasteiger partial charge in [-0.3, -0.25) is 4.79 Å². The predicted molar refractivity (Wildman–Crippen MR) is 123 cm³/mol. The first-order chi connectivity index (χ1) is 16.0. The third-order valence-electron chi connectivity index (χ3n) is 4.79. The number of aromatic nitrogens is 2. The molecule has 0 spiro atoms. The Morgan fingerprint density at radius 3 is 2.50 bits per heavy atom. The second-order valence-corrected chi connectivity index (χ2v) is 9.81. The fourth-order valence-electron chi connectivity index (χ4n) is 3.34. The number of carbonyl (C=O) groups is 1. The van der Waals surface area contributed by atoms with Gasteiger partial charge < -0.3 is 0 Å². The van der Waals surface area contributed by atoms with Crippen LogP contribution in [0.3, 0.4) is 0 Å². The number of nitrogens with one attached hydrogen (secondary N) is 1. The van der Waals surface area contributed by atoms with E-state index in [-0.39, 0.29) is 16.3 Å². The van der Waals surface area contributed by atoms with Crippen LogP contribution in [-0.4, -0.2) is 30.4 Å². The van der Waals surface area contributed by atoms with E-state index in [1.54, 1.807) is 29.0 Å². The normalized spacial score (nSPS) is 11.4. The SMILES string of the molecule is CS(=O)(=O)NC(=O)c1cc(Cl)c(-n2nc(-c3ccc(F)c(C#N)c3)c3cc(Cl)ccc32)cc1F. The Morgan fingerprint density at radius 2 is 1.82 bits per heavy atom. The van der Waals surface area contributed by atoms with Gasteiger partial charge in [0.1, 0.15) is 23.4 Å². The summed E-state index contributed by atoms with van der Waals surface area (Å²) in [5.74, 6) is -2.91. The van der Waals surface area contributed by atoms with Gasteiger partial charge in [-0.25, -0.2) is 26.6 Å². The summed E-state index contributed by atoms with van der Waals surface area (Å²) in [6.45, 7) is 0. The Kier molecular flexibility index (Phi) is 6.03. The van der Waals surface area contributed by atoms with Crippen molar-refractivity contribution < 1.29 is 22.0 Å². The molecule has 0 fully saturated rings. The number of nitriles is 1. The second kappa shape index (κ2) is 8.68. The minimum absolute atomic E-state index is 0.0521. The van der Waals surface area contributed by atoms with Crippen molar-refractivity contribution in [1.82, 2.24) is 14.5 Å². The molecule has 12 heteroatoms. The Morgan fingerprint density at radius 1 is 1.09 bits per heavy atom. The third kappa shape index (κ3) is 4.46. The number of hydrogen-bond acceptors (Lipinski definition) is 5. The van der Waals surface area contributed by atoms with Crippen LogP contribution in [0.4, 0.5) is 8.78 Å². The molecule has 1 heterocycles. The molecule has 34 heavy (non-hydrogen) atoms. The fourth-order valence-corrected chi connectivity index (χ4v) is 4.20. The molecule has 0 aliphatic rings. The molecular weight excluding hydrogens is 509 g/mol. The molecule has 0 atom stereocenters. The van der Waals surface area contributed by atoms with Gasteiger partial charge in [-0.15, -0.1) is 0 Å². The summed E-state index contributed by atoms with van der Waals surface area (Å²) >= 11 is 12.5. The molecule has 4 rings (SSSR count). The minimum atomic E-state index is -3.92. The summed E-state index contributed by atoms with van der Waals surface area (Å²) in [5, 5.41) is 14.5. The molecule has 1 N–H and O–H groups in total. The number of nitrogens with zero attached hydrogens (tertiary/aromatic N) is 3. The molecule has 172 valence electrons. The van der Waals surface area contributed by atoms with Crippen LogP contribution in [0.25, 0.3) is 27.8 Å². The number of amides is 1. The maximum atomic E-state index is 14.8. The van der Waals surface area contributed by atoms with Gasteiger partial charge in [-0.1, -0.05) is 23.2 Å². The van der Waals surface area contributed by atoms with Crippen LogP contribution in [0, 0.1) is 23.0 Å². The van der Waals surface area contributed by atoms with Crippen molar-refractivity contribution in [3.8, 4) is 23.0 Å². The number of hydrogen-bond donors (Lipinski definition) is 1. The van der Waals surface area contributed by atoms with E-state index in [2.05, 4.69) is 5.10 Å². The number of benzene rings is 3. The summed E-state index contributed by atoms with van der Waals surface area (Å²) in [6, 6.07) is 12.4.